The second-order valence-electron chi connectivity index (χ2n) is 7.32. The average Bonchev–Trinajstić information content (AvgIpc) is 3.10. The van der Waals surface area contributed by atoms with Crippen LogP contribution in [0.3, 0.4) is 0 Å². The summed E-state index contributed by atoms with van der Waals surface area (Å²) in [5.74, 6) is -0.822. The molecule has 0 saturated carbocycles. The third kappa shape index (κ3) is 4.89. The summed E-state index contributed by atoms with van der Waals surface area (Å²) < 4.78 is 2.13. The van der Waals surface area contributed by atoms with Crippen LogP contribution >= 0.6 is 11.6 Å². The number of nitrogens with one attached hydrogen (secondary N) is 2. The number of fused-ring (bicyclic) bond motifs is 1. The number of para-hydroxylation sites is 1. The fraction of sp³-hybridized carbons (Fsp3) is 0.261. The van der Waals surface area contributed by atoms with Crippen molar-refractivity contribution in [1.82, 2.24) is 15.3 Å². The van der Waals surface area contributed by atoms with E-state index in [0.717, 1.165) is 23.0 Å². The number of aryl methyl sites for hydroxylation is 1. The van der Waals surface area contributed by atoms with Crippen LogP contribution in [0.1, 0.15) is 36.7 Å². The Morgan fingerprint density at radius 1 is 1.13 bits per heavy atom. The molecular weight excluding hydrogens is 400 g/mol. The maximum atomic E-state index is 12.7. The van der Waals surface area contributed by atoms with Gasteiger partial charge in [-0.15, -0.1) is 0 Å². The third-order valence-electron chi connectivity index (χ3n) is 4.88. The van der Waals surface area contributed by atoms with Crippen LogP contribution in [0.4, 0.5) is 0 Å². The van der Waals surface area contributed by atoms with Gasteiger partial charge in [0.05, 0.1) is 6.21 Å². The molecule has 0 spiro atoms. The Bertz CT molecular complexity index is 1070. The Labute approximate surface area is 180 Å². The Balaban J connectivity index is 1.70. The zero-order chi connectivity index (χ0) is 21.7. The summed E-state index contributed by atoms with van der Waals surface area (Å²) in [6.07, 6.45) is 3.63. The maximum absolute atomic E-state index is 12.7. The van der Waals surface area contributed by atoms with E-state index in [2.05, 4.69) is 33.4 Å². The highest BCUT2D eigenvalue weighted by Crippen LogP contribution is 2.19. The monoisotopic (exact) mass is 424 g/mol. The number of carbonyl (C=O) groups is 2. The average molecular weight is 425 g/mol. The van der Waals surface area contributed by atoms with Gasteiger partial charge in [-0.2, -0.15) is 5.10 Å². The highest BCUT2D eigenvalue weighted by atomic mass is 35.5. The molecule has 2 N–H and O–H groups in total. The van der Waals surface area contributed by atoms with Crippen LogP contribution in [0.2, 0.25) is 5.02 Å². The number of benzene rings is 2. The van der Waals surface area contributed by atoms with Gasteiger partial charge in [-0.25, -0.2) is 5.43 Å². The van der Waals surface area contributed by atoms with Crippen LogP contribution in [0.25, 0.3) is 10.9 Å². The highest BCUT2D eigenvalue weighted by Gasteiger charge is 2.24. The zero-order valence-corrected chi connectivity index (χ0v) is 18.0. The normalized spacial score (nSPS) is 12.4. The quantitative estimate of drug-likeness (QED) is 0.440. The summed E-state index contributed by atoms with van der Waals surface area (Å²) in [6.45, 7) is 6.65. The van der Waals surface area contributed by atoms with Crippen LogP contribution in [0, 0.1) is 5.92 Å². The SMILES string of the molecule is CCn1cc(/C=N\NC(=O)C(NC(=O)c2ccc(Cl)cc2)C(C)C)c2ccccc21. The van der Waals surface area contributed by atoms with E-state index in [1.54, 1.807) is 30.5 Å². The summed E-state index contributed by atoms with van der Waals surface area (Å²) in [6, 6.07) is 13.8. The molecule has 6 nitrogen and oxygen atoms in total. The van der Waals surface area contributed by atoms with Crippen molar-refractivity contribution in [2.45, 2.75) is 33.4 Å². The van der Waals surface area contributed by atoms with Gasteiger partial charge < -0.3 is 9.88 Å². The maximum Gasteiger partial charge on any atom is 0.262 e. The second kappa shape index (κ2) is 9.59. The van der Waals surface area contributed by atoms with Gasteiger partial charge in [0.15, 0.2) is 0 Å². The minimum Gasteiger partial charge on any atom is -0.347 e. The molecule has 0 radical (unpaired) electrons. The number of hydrogen-bond donors (Lipinski definition) is 2. The van der Waals surface area contributed by atoms with Gasteiger partial charge in [0, 0.05) is 39.8 Å². The molecule has 2 aromatic carbocycles. The first-order valence-electron chi connectivity index (χ1n) is 9.88. The van der Waals surface area contributed by atoms with Crippen molar-refractivity contribution in [3.8, 4) is 0 Å². The molecule has 0 aliphatic heterocycles. The minimum atomic E-state index is -0.720. The number of nitrogens with zero attached hydrogens (tertiary/aromatic N) is 2. The molecule has 0 saturated heterocycles. The fourth-order valence-electron chi connectivity index (χ4n) is 3.24. The molecule has 30 heavy (non-hydrogen) atoms. The molecule has 3 rings (SSSR count). The first-order valence-corrected chi connectivity index (χ1v) is 10.3. The van der Waals surface area contributed by atoms with E-state index in [1.165, 1.54) is 0 Å². The number of hydrogen-bond acceptors (Lipinski definition) is 3. The van der Waals surface area contributed by atoms with Crippen LogP contribution in [0.15, 0.2) is 59.8 Å². The summed E-state index contributed by atoms with van der Waals surface area (Å²) >= 11 is 5.86. The standard InChI is InChI=1S/C23H25ClN4O2/c1-4-28-14-17(19-7-5-6-8-20(19)28)13-25-27-23(30)21(15(2)3)26-22(29)16-9-11-18(24)12-10-16/h5-15,21H,4H2,1-3H3,(H,26,29)(H,27,30)/b25-13-. The van der Waals surface area contributed by atoms with Crippen LogP contribution in [-0.4, -0.2) is 28.6 Å². The van der Waals surface area contributed by atoms with Crippen molar-refractivity contribution >= 4 is 40.5 Å². The molecule has 156 valence electrons. The Hall–Kier alpha value is -3.12. The van der Waals surface area contributed by atoms with E-state index >= 15 is 0 Å². The number of aromatic nitrogens is 1. The van der Waals surface area contributed by atoms with E-state index in [4.69, 9.17) is 11.6 Å². The Kier molecular flexibility index (Phi) is 6.90. The molecule has 1 aromatic heterocycles. The van der Waals surface area contributed by atoms with E-state index in [0.29, 0.717) is 10.6 Å². The lowest BCUT2D eigenvalue weighted by Crippen LogP contribution is -2.48. The summed E-state index contributed by atoms with van der Waals surface area (Å²) in [5.41, 5.74) is 5.02. The third-order valence-corrected chi connectivity index (χ3v) is 5.13. The molecule has 2 amide bonds. The first-order chi connectivity index (χ1) is 14.4. The number of rotatable bonds is 7. The minimum absolute atomic E-state index is 0.113. The van der Waals surface area contributed by atoms with E-state index in [1.807, 2.05) is 38.2 Å². The van der Waals surface area contributed by atoms with Gasteiger partial charge in [-0.3, -0.25) is 9.59 Å². The molecule has 0 aliphatic rings. The van der Waals surface area contributed by atoms with E-state index in [-0.39, 0.29) is 17.7 Å². The number of amides is 2. The molecular formula is C23H25ClN4O2. The topological polar surface area (TPSA) is 75.5 Å². The van der Waals surface area contributed by atoms with Gasteiger partial charge in [-0.05, 0) is 43.2 Å². The van der Waals surface area contributed by atoms with Gasteiger partial charge >= 0.3 is 0 Å². The largest absolute Gasteiger partial charge is 0.347 e. The van der Waals surface area contributed by atoms with E-state index in [9.17, 15) is 9.59 Å². The molecule has 0 bridgehead atoms. The molecule has 0 aliphatic carbocycles. The van der Waals surface area contributed by atoms with Gasteiger partial charge in [0.25, 0.3) is 11.8 Å². The second-order valence-corrected chi connectivity index (χ2v) is 7.76. The summed E-state index contributed by atoms with van der Waals surface area (Å²) in [5, 5.41) is 8.51. The predicted molar refractivity (Wildman–Crippen MR) is 121 cm³/mol. The highest BCUT2D eigenvalue weighted by molar-refractivity contribution is 6.30. The lowest BCUT2D eigenvalue weighted by atomic mass is 10.0. The van der Waals surface area contributed by atoms with Gasteiger partial charge in [0.1, 0.15) is 6.04 Å². The number of hydrazone groups is 1. The van der Waals surface area contributed by atoms with Crippen molar-refractivity contribution < 1.29 is 9.59 Å². The number of halogens is 1. The molecule has 1 atom stereocenters. The van der Waals surface area contributed by atoms with Crippen molar-refractivity contribution in [3.63, 3.8) is 0 Å². The van der Waals surface area contributed by atoms with Crippen LogP contribution < -0.4 is 10.7 Å². The van der Waals surface area contributed by atoms with Gasteiger partial charge in [0.2, 0.25) is 0 Å². The Morgan fingerprint density at radius 2 is 1.83 bits per heavy atom. The molecule has 1 unspecified atom stereocenters. The molecule has 3 aromatic rings. The lowest BCUT2D eigenvalue weighted by Gasteiger charge is -2.20. The molecule has 0 fully saturated rings. The van der Waals surface area contributed by atoms with Crippen molar-refractivity contribution in [3.05, 3.63) is 70.9 Å². The van der Waals surface area contributed by atoms with Gasteiger partial charge in [-0.1, -0.05) is 43.6 Å². The number of carbonyl (C=O) groups excluding carboxylic acids is 2. The molecule has 7 heteroatoms. The summed E-state index contributed by atoms with van der Waals surface area (Å²) in [4.78, 5) is 25.1. The van der Waals surface area contributed by atoms with Crippen molar-refractivity contribution in [2.75, 3.05) is 0 Å². The van der Waals surface area contributed by atoms with Crippen molar-refractivity contribution in [1.29, 1.82) is 0 Å². The zero-order valence-electron chi connectivity index (χ0n) is 17.2. The smallest absolute Gasteiger partial charge is 0.262 e. The van der Waals surface area contributed by atoms with Crippen molar-refractivity contribution in [2.24, 2.45) is 11.0 Å². The predicted octanol–water partition coefficient (Wildman–Crippen LogP) is 4.22. The van der Waals surface area contributed by atoms with Crippen LogP contribution in [-0.2, 0) is 11.3 Å². The van der Waals surface area contributed by atoms with E-state index < -0.39 is 6.04 Å². The lowest BCUT2D eigenvalue weighted by molar-refractivity contribution is -0.123. The first kappa shape index (κ1) is 21.6. The van der Waals surface area contributed by atoms with Crippen LogP contribution in [0.5, 0.6) is 0 Å². The fourth-order valence-corrected chi connectivity index (χ4v) is 3.36. The molecule has 1 heterocycles. The Morgan fingerprint density at radius 3 is 2.50 bits per heavy atom. The summed E-state index contributed by atoms with van der Waals surface area (Å²) in [7, 11) is 0.